The van der Waals surface area contributed by atoms with E-state index in [4.69, 9.17) is 13.9 Å². The fourth-order valence-corrected chi connectivity index (χ4v) is 3.17. The molecular weight excluding hydrogens is 366 g/mol. The summed E-state index contributed by atoms with van der Waals surface area (Å²) >= 11 is 1.52. The summed E-state index contributed by atoms with van der Waals surface area (Å²) in [5, 5.41) is 9.21. The molecule has 0 aliphatic carbocycles. The Morgan fingerprint density at radius 3 is 2.96 bits per heavy atom. The third kappa shape index (κ3) is 4.59. The van der Waals surface area contributed by atoms with Gasteiger partial charge in [-0.25, -0.2) is 4.79 Å². The van der Waals surface area contributed by atoms with Gasteiger partial charge < -0.3 is 13.9 Å². The van der Waals surface area contributed by atoms with Crippen LogP contribution in [0.5, 0.6) is 5.75 Å². The number of carbonyl (C=O) groups excluding carboxylic acids is 1. The van der Waals surface area contributed by atoms with Crippen LogP contribution in [0.15, 0.2) is 64.9 Å². The van der Waals surface area contributed by atoms with Crippen molar-refractivity contribution < 1.29 is 18.7 Å². The summed E-state index contributed by atoms with van der Waals surface area (Å²) in [6.07, 6.45) is 3.39. The molecule has 0 saturated heterocycles. The van der Waals surface area contributed by atoms with Crippen molar-refractivity contribution in [3.05, 3.63) is 60.9 Å². The van der Waals surface area contributed by atoms with Crippen LogP contribution in [0.1, 0.15) is 10.4 Å². The van der Waals surface area contributed by atoms with E-state index in [1.165, 1.54) is 18.9 Å². The normalized spacial score (nSPS) is 10.6. The van der Waals surface area contributed by atoms with Crippen LogP contribution in [-0.4, -0.2) is 40.2 Å². The van der Waals surface area contributed by atoms with Gasteiger partial charge in [-0.05, 0) is 30.3 Å². The number of hydrogen-bond acceptors (Lipinski definition) is 7. The molecule has 1 aromatic carbocycles. The third-order valence-corrected chi connectivity index (χ3v) is 4.54. The van der Waals surface area contributed by atoms with Crippen LogP contribution in [-0.2, 0) is 11.3 Å². The van der Waals surface area contributed by atoms with Gasteiger partial charge in [-0.1, -0.05) is 23.9 Å². The van der Waals surface area contributed by atoms with Gasteiger partial charge in [0.05, 0.1) is 25.5 Å². The molecule has 0 aliphatic rings. The van der Waals surface area contributed by atoms with E-state index >= 15 is 0 Å². The lowest BCUT2D eigenvalue weighted by Crippen LogP contribution is -2.05. The van der Waals surface area contributed by atoms with Crippen molar-refractivity contribution in [2.75, 3.05) is 19.5 Å². The summed E-state index contributed by atoms with van der Waals surface area (Å²) < 4.78 is 17.8. The van der Waals surface area contributed by atoms with Crippen LogP contribution in [0.25, 0.3) is 11.6 Å². The number of ether oxygens (including phenoxy) is 2. The van der Waals surface area contributed by atoms with Gasteiger partial charge in [0.25, 0.3) is 0 Å². The van der Waals surface area contributed by atoms with Gasteiger partial charge in [0, 0.05) is 12.3 Å². The molecule has 140 valence electrons. The minimum Gasteiger partial charge on any atom is -0.493 e. The predicted octanol–water partition coefficient (Wildman–Crippen LogP) is 3.68. The van der Waals surface area contributed by atoms with Gasteiger partial charge in [-0.3, -0.25) is 4.57 Å². The topological polar surface area (TPSA) is 79.4 Å². The minimum absolute atomic E-state index is 0.391. The van der Waals surface area contributed by atoms with Crippen molar-refractivity contribution in [3.63, 3.8) is 0 Å². The second kappa shape index (κ2) is 9.09. The lowest BCUT2D eigenvalue weighted by molar-refractivity contribution is 0.0600. The van der Waals surface area contributed by atoms with E-state index in [9.17, 15) is 4.79 Å². The summed E-state index contributed by atoms with van der Waals surface area (Å²) in [7, 11) is 1.35. The molecule has 0 radical (unpaired) electrons. The summed E-state index contributed by atoms with van der Waals surface area (Å²) in [6.45, 7) is 4.81. The molecule has 0 N–H and O–H groups in total. The van der Waals surface area contributed by atoms with E-state index < -0.39 is 5.97 Å². The van der Waals surface area contributed by atoms with Gasteiger partial charge in [0.1, 0.15) is 5.75 Å². The Balaban J connectivity index is 1.59. The number of esters is 1. The predicted molar refractivity (Wildman–Crippen MR) is 102 cm³/mol. The van der Waals surface area contributed by atoms with E-state index in [0.29, 0.717) is 41.8 Å². The maximum Gasteiger partial charge on any atom is 0.337 e. The Bertz CT molecular complexity index is 906. The molecule has 8 heteroatoms. The third-order valence-electron chi connectivity index (χ3n) is 3.61. The number of aromatic nitrogens is 3. The first-order valence-corrected chi connectivity index (χ1v) is 9.23. The van der Waals surface area contributed by atoms with Crippen LogP contribution in [0.2, 0.25) is 0 Å². The smallest absolute Gasteiger partial charge is 0.337 e. The quantitative estimate of drug-likeness (QED) is 0.241. The standard InChI is InChI=1S/C19H19N3O4S/c1-3-9-22-17(16-8-5-10-26-16)20-21-19(22)27-12-11-25-15-7-4-6-14(13-15)18(23)24-2/h3-8,10,13H,1,9,11-12H2,2H3. The monoisotopic (exact) mass is 385 g/mol. The van der Waals surface area contributed by atoms with Crippen molar-refractivity contribution in [1.29, 1.82) is 0 Å². The number of nitrogens with zero attached hydrogens (tertiary/aromatic N) is 3. The highest BCUT2D eigenvalue weighted by Gasteiger charge is 2.15. The van der Waals surface area contributed by atoms with Crippen LogP contribution in [0.3, 0.4) is 0 Å². The molecule has 7 nitrogen and oxygen atoms in total. The zero-order valence-corrected chi connectivity index (χ0v) is 15.6. The molecule has 3 aromatic rings. The van der Waals surface area contributed by atoms with Crippen molar-refractivity contribution in [2.24, 2.45) is 0 Å². The van der Waals surface area contributed by atoms with Crippen LogP contribution >= 0.6 is 11.8 Å². The average Bonchev–Trinajstić information content (AvgIpc) is 3.35. The first-order valence-electron chi connectivity index (χ1n) is 8.25. The Morgan fingerprint density at radius 1 is 1.33 bits per heavy atom. The van der Waals surface area contributed by atoms with Gasteiger partial charge >= 0.3 is 5.97 Å². The summed E-state index contributed by atoms with van der Waals surface area (Å²) in [6, 6.07) is 10.5. The molecule has 3 rings (SSSR count). The molecule has 27 heavy (non-hydrogen) atoms. The van der Waals surface area contributed by atoms with Gasteiger partial charge in [-0.2, -0.15) is 0 Å². The molecule has 0 atom stereocenters. The fraction of sp³-hybridized carbons (Fsp3) is 0.211. The van der Waals surface area contributed by atoms with Gasteiger partial charge in [0.15, 0.2) is 10.9 Å². The molecule has 0 unspecified atom stereocenters. The molecular formula is C19H19N3O4S. The molecule has 0 bridgehead atoms. The van der Waals surface area contributed by atoms with Gasteiger partial charge in [-0.15, -0.1) is 16.8 Å². The van der Waals surface area contributed by atoms with E-state index in [0.717, 1.165) is 5.16 Å². The minimum atomic E-state index is -0.391. The van der Waals surface area contributed by atoms with Crippen LogP contribution in [0.4, 0.5) is 0 Å². The van der Waals surface area contributed by atoms with Crippen molar-refractivity contribution in [2.45, 2.75) is 11.7 Å². The second-order valence-electron chi connectivity index (χ2n) is 5.40. The number of benzene rings is 1. The highest BCUT2D eigenvalue weighted by Crippen LogP contribution is 2.24. The first-order chi connectivity index (χ1) is 13.2. The molecule has 2 aromatic heterocycles. The number of thioether (sulfide) groups is 1. The Hall–Kier alpha value is -3.00. The molecule has 0 spiro atoms. The fourth-order valence-electron chi connectivity index (χ4n) is 2.40. The molecule has 2 heterocycles. The first kappa shape index (κ1) is 18.8. The van der Waals surface area contributed by atoms with Crippen molar-refractivity contribution >= 4 is 17.7 Å². The second-order valence-corrected chi connectivity index (χ2v) is 6.46. The molecule has 0 aliphatic heterocycles. The number of allylic oxidation sites excluding steroid dienone is 1. The lowest BCUT2D eigenvalue weighted by atomic mass is 10.2. The molecule has 0 fully saturated rings. The van der Waals surface area contributed by atoms with Crippen LogP contribution in [0, 0.1) is 0 Å². The van der Waals surface area contributed by atoms with E-state index in [1.54, 1.807) is 36.6 Å². The summed E-state index contributed by atoms with van der Waals surface area (Å²) in [4.78, 5) is 11.6. The zero-order valence-electron chi connectivity index (χ0n) is 14.8. The summed E-state index contributed by atoms with van der Waals surface area (Å²) in [5.74, 6) is 2.21. The lowest BCUT2D eigenvalue weighted by Gasteiger charge is -2.08. The number of furan rings is 1. The zero-order chi connectivity index (χ0) is 19.1. The van der Waals surface area contributed by atoms with E-state index in [2.05, 4.69) is 16.8 Å². The SMILES string of the molecule is C=CCn1c(SCCOc2cccc(C(=O)OC)c2)nnc1-c1ccco1. The van der Waals surface area contributed by atoms with Crippen molar-refractivity contribution in [1.82, 2.24) is 14.8 Å². The summed E-state index contributed by atoms with van der Waals surface area (Å²) in [5.41, 5.74) is 0.455. The maximum absolute atomic E-state index is 11.6. The molecule has 0 amide bonds. The average molecular weight is 385 g/mol. The molecule has 0 saturated carbocycles. The van der Waals surface area contributed by atoms with E-state index in [-0.39, 0.29) is 0 Å². The Morgan fingerprint density at radius 2 is 2.22 bits per heavy atom. The highest BCUT2D eigenvalue weighted by atomic mass is 32.2. The largest absolute Gasteiger partial charge is 0.493 e. The Labute approximate surface area is 161 Å². The number of methoxy groups -OCH3 is 1. The maximum atomic E-state index is 11.6. The number of carbonyl (C=O) groups is 1. The van der Waals surface area contributed by atoms with Crippen molar-refractivity contribution in [3.8, 4) is 17.3 Å². The number of rotatable bonds is 9. The number of hydrogen-bond donors (Lipinski definition) is 0. The van der Waals surface area contributed by atoms with E-state index in [1.807, 2.05) is 16.7 Å². The van der Waals surface area contributed by atoms with Gasteiger partial charge in [0.2, 0.25) is 5.82 Å². The highest BCUT2D eigenvalue weighted by molar-refractivity contribution is 7.99. The van der Waals surface area contributed by atoms with Crippen LogP contribution < -0.4 is 4.74 Å². The Kier molecular flexibility index (Phi) is 6.32.